The van der Waals surface area contributed by atoms with Crippen LogP contribution in [0.4, 0.5) is 5.69 Å². The summed E-state index contributed by atoms with van der Waals surface area (Å²) < 4.78 is 15.9. The lowest BCUT2D eigenvalue weighted by Gasteiger charge is -2.11. The van der Waals surface area contributed by atoms with Gasteiger partial charge in [0.15, 0.2) is 11.5 Å². The molecule has 0 atom stereocenters. The first kappa shape index (κ1) is 21.0. The topological polar surface area (TPSA) is 97.7 Å². The largest absolute Gasteiger partial charge is 0.497 e. The van der Waals surface area contributed by atoms with Crippen LogP contribution in [0.1, 0.15) is 12.5 Å². The van der Waals surface area contributed by atoms with Gasteiger partial charge in [-0.15, -0.1) is 0 Å². The first-order chi connectivity index (χ1) is 13.4. The molecule has 0 unspecified atom stereocenters. The van der Waals surface area contributed by atoms with Crippen LogP contribution >= 0.6 is 15.9 Å². The number of halogens is 1. The first-order valence-electron chi connectivity index (χ1n) is 8.01. The second-order valence-corrected chi connectivity index (χ2v) is 6.33. The van der Waals surface area contributed by atoms with Gasteiger partial charge in [-0.1, -0.05) is 15.9 Å². The van der Waals surface area contributed by atoms with Gasteiger partial charge in [-0.25, -0.2) is 0 Å². The number of rotatable bonds is 6. The zero-order chi connectivity index (χ0) is 20.7. The van der Waals surface area contributed by atoms with Crippen molar-refractivity contribution in [1.82, 2.24) is 0 Å². The average molecular weight is 445 g/mol. The highest BCUT2D eigenvalue weighted by atomic mass is 79.9. The molecule has 0 saturated heterocycles. The number of carbonyl (C=O) groups is 2. The molecule has 0 aliphatic heterocycles. The number of amides is 1. The Morgan fingerprint density at radius 1 is 1.11 bits per heavy atom. The molecular formula is C20H17BrN2O5. The maximum Gasteiger partial charge on any atom is 0.308 e. The zero-order valence-electron chi connectivity index (χ0n) is 15.4. The lowest BCUT2D eigenvalue weighted by Crippen LogP contribution is -2.13. The highest BCUT2D eigenvalue weighted by Crippen LogP contribution is 2.34. The molecule has 0 heterocycles. The molecule has 0 fully saturated rings. The van der Waals surface area contributed by atoms with Crippen molar-refractivity contribution < 1.29 is 23.8 Å². The molecule has 28 heavy (non-hydrogen) atoms. The minimum absolute atomic E-state index is 0.112. The third-order valence-corrected chi connectivity index (χ3v) is 4.24. The second-order valence-electron chi connectivity index (χ2n) is 5.47. The van der Waals surface area contributed by atoms with Gasteiger partial charge in [-0.05, 0) is 48.0 Å². The van der Waals surface area contributed by atoms with E-state index < -0.39 is 11.9 Å². The normalized spacial score (nSPS) is 10.6. The first-order valence-corrected chi connectivity index (χ1v) is 8.80. The number of anilines is 1. The van der Waals surface area contributed by atoms with E-state index >= 15 is 0 Å². The van der Waals surface area contributed by atoms with Crippen LogP contribution in [-0.4, -0.2) is 26.1 Å². The summed E-state index contributed by atoms with van der Waals surface area (Å²) in [5.41, 5.74) is 0.918. The number of methoxy groups -OCH3 is 2. The molecule has 8 heteroatoms. The molecule has 0 aromatic heterocycles. The zero-order valence-corrected chi connectivity index (χ0v) is 17.0. The third-order valence-electron chi connectivity index (χ3n) is 3.55. The Kier molecular flexibility index (Phi) is 7.18. The molecular weight excluding hydrogens is 428 g/mol. The van der Waals surface area contributed by atoms with Gasteiger partial charge in [0.25, 0.3) is 5.91 Å². The molecule has 7 nitrogen and oxygen atoms in total. The number of ether oxygens (including phenoxy) is 3. The van der Waals surface area contributed by atoms with Crippen LogP contribution < -0.4 is 19.5 Å². The summed E-state index contributed by atoms with van der Waals surface area (Å²) in [4.78, 5) is 23.6. The number of benzene rings is 2. The summed E-state index contributed by atoms with van der Waals surface area (Å²) in [6.45, 7) is 1.28. The van der Waals surface area contributed by atoms with E-state index in [1.807, 2.05) is 6.07 Å². The smallest absolute Gasteiger partial charge is 0.308 e. The second kappa shape index (κ2) is 9.58. The minimum atomic E-state index is -0.567. The van der Waals surface area contributed by atoms with Gasteiger partial charge in [0.05, 0.1) is 14.2 Å². The summed E-state index contributed by atoms with van der Waals surface area (Å²) in [5, 5.41) is 12.0. The lowest BCUT2D eigenvalue weighted by molar-refractivity contribution is -0.132. The van der Waals surface area contributed by atoms with Crippen LogP contribution in [0.25, 0.3) is 6.08 Å². The van der Waals surface area contributed by atoms with Gasteiger partial charge in [0.1, 0.15) is 17.4 Å². The third kappa shape index (κ3) is 5.34. The number of nitrogens with zero attached hydrogens (tertiary/aromatic N) is 1. The van der Waals surface area contributed by atoms with E-state index in [1.54, 1.807) is 37.4 Å². The fourth-order valence-electron chi connectivity index (χ4n) is 2.23. The Balaban J connectivity index is 2.30. The summed E-state index contributed by atoms with van der Waals surface area (Å²) in [5.74, 6) is 0.100. The predicted molar refractivity (Wildman–Crippen MR) is 107 cm³/mol. The van der Waals surface area contributed by atoms with Crippen molar-refractivity contribution >= 4 is 39.6 Å². The molecule has 0 aliphatic rings. The van der Waals surface area contributed by atoms with Crippen LogP contribution in [0.3, 0.4) is 0 Å². The number of nitrogens with one attached hydrogen (secondary N) is 1. The van der Waals surface area contributed by atoms with Gasteiger partial charge in [-0.2, -0.15) is 5.26 Å². The van der Waals surface area contributed by atoms with Crippen LogP contribution in [0.2, 0.25) is 0 Å². The summed E-state index contributed by atoms with van der Waals surface area (Å²) in [7, 11) is 2.97. The van der Waals surface area contributed by atoms with E-state index in [9.17, 15) is 14.9 Å². The Labute approximate surface area is 170 Å². The summed E-state index contributed by atoms with van der Waals surface area (Å²) in [6, 6.07) is 11.7. The monoisotopic (exact) mass is 444 g/mol. The van der Waals surface area contributed by atoms with E-state index in [1.165, 1.54) is 26.2 Å². The average Bonchev–Trinajstić information content (AvgIpc) is 2.67. The highest BCUT2D eigenvalue weighted by Gasteiger charge is 2.14. The number of carbonyl (C=O) groups excluding carboxylic acids is 2. The van der Waals surface area contributed by atoms with Gasteiger partial charge in [0.2, 0.25) is 0 Å². The molecule has 2 aromatic rings. The quantitative estimate of drug-likeness (QED) is 0.313. The molecule has 2 rings (SSSR count). The van der Waals surface area contributed by atoms with Crippen molar-refractivity contribution in [2.75, 3.05) is 19.5 Å². The molecule has 0 radical (unpaired) electrons. The fraction of sp³-hybridized carbons (Fsp3) is 0.150. The molecule has 0 spiro atoms. The van der Waals surface area contributed by atoms with Crippen LogP contribution in [0.15, 0.2) is 46.4 Å². The van der Waals surface area contributed by atoms with Crippen molar-refractivity contribution in [3.05, 3.63) is 52.0 Å². The number of nitriles is 1. The Morgan fingerprint density at radius 2 is 1.79 bits per heavy atom. The van der Waals surface area contributed by atoms with Crippen molar-refractivity contribution in [2.45, 2.75) is 6.92 Å². The minimum Gasteiger partial charge on any atom is -0.497 e. The Bertz CT molecular complexity index is 962. The van der Waals surface area contributed by atoms with Gasteiger partial charge in [-0.3, -0.25) is 9.59 Å². The van der Waals surface area contributed by atoms with E-state index in [0.717, 1.165) is 0 Å². The number of esters is 1. The van der Waals surface area contributed by atoms with Crippen molar-refractivity contribution in [2.24, 2.45) is 0 Å². The highest BCUT2D eigenvalue weighted by molar-refractivity contribution is 9.10. The molecule has 0 saturated carbocycles. The lowest BCUT2D eigenvalue weighted by atomic mass is 10.1. The van der Waals surface area contributed by atoms with Crippen molar-refractivity contribution in [3.8, 4) is 23.3 Å². The fourth-order valence-corrected chi connectivity index (χ4v) is 2.67. The number of hydrogen-bond acceptors (Lipinski definition) is 6. The maximum atomic E-state index is 12.4. The molecule has 144 valence electrons. The van der Waals surface area contributed by atoms with Crippen molar-refractivity contribution in [1.29, 1.82) is 5.26 Å². The summed E-state index contributed by atoms with van der Waals surface area (Å²) >= 11 is 3.34. The SMILES string of the molecule is COc1ccc(NC(=O)/C(C#N)=C\c2cc(OC)c(OC(C)=O)cc2Br)cc1. The molecule has 2 aromatic carbocycles. The van der Waals surface area contributed by atoms with Crippen molar-refractivity contribution in [3.63, 3.8) is 0 Å². The molecule has 1 N–H and O–H groups in total. The molecule has 0 aliphatic carbocycles. The Morgan fingerprint density at radius 3 is 2.32 bits per heavy atom. The predicted octanol–water partition coefficient (Wildman–Crippen LogP) is 3.94. The standard InChI is InChI=1S/C20H17BrN2O5/c1-12(24)28-19-10-17(21)13(9-18(19)27-3)8-14(11-22)20(25)23-15-4-6-16(26-2)7-5-15/h4-10H,1-3H3,(H,23,25)/b14-8-. The van der Waals surface area contributed by atoms with Crippen LogP contribution in [0.5, 0.6) is 17.2 Å². The van der Waals surface area contributed by atoms with E-state index in [2.05, 4.69) is 21.2 Å². The maximum absolute atomic E-state index is 12.4. The van der Waals surface area contributed by atoms with Crippen LogP contribution in [-0.2, 0) is 9.59 Å². The molecule has 1 amide bonds. The van der Waals surface area contributed by atoms with Gasteiger partial charge in [0, 0.05) is 17.1 Å². The van der Waals surface area contributed by atoms with Crippen LogP contribution in [0, 0.1) is 11.3 Å². The van der Waals surface area contributed by atoms with E-state index in [-0.39, 0.29) is 17.1 Å². The van der Waals surface area contributed by atoms with Gasteiger partial charge >= 0.3 is 5.97 Å². The summed E-state index contributed by atoms with van der Waals surface area (Å²) in [6.07, 6.45) is 1.41. The Hall–Kier alpha value is -3.31. The van der Waals surface area contributed by atoms with E-state index in [4.69, 9.17) is 14.2 Å². The number of hydrogen-bond donors (Lipinski definition) is 1. The van der Waals surface area contributed by atoms with E-state index in [0.29, 0.717) is 21.5 Å². The van der Waals surface area contributed by atoms with Gasteiger partial charge < -0.3 is 19.5 Å². The molecule has 0 bridgehead atoms.